The van der Waals surface area contributed by atoms with Gasteiger partial charge < -0.3 is 16.4 Å². The number of amides is 3. The molecule has 2 saturated carbocycles. The van der Waals surface area contributed by atoms with E-state index in [2.05, 4.69) is 15.0 Å². The minimum Gasteiger partial charge on any atom is -0.395 e. The first kappa shape index (κ1) is 29.7. The summed E-state index contributed by atoms with van der Waals surface area (Å²) < 4.78 is 18.3. The lowest BCUT2D eigenvalue weighted by Crippen LogP contribution is -2.47. The molecule has 0 saturated heterocycles. The number of nitrogens with zero attached hydrogens (tertiary/aromatic N) is 2. The molecule has 5 rings (SSSR count). The van der Waals surface area contributed by atoms with Crippen molar-refractivity contribution in [2.24, 2.45) is 0 Å². The number of halogens is 1. The van der Waals surface area contributed by atoms with Crippen LogP contribution in [0.1, 0.15) is 102 Å². The van der Waals surface area contributed by atoms with Crippen LogP contribution in [0.25, 0.3) is 0 Å². The summed E-state index contributed by atoms with van der Waals surface area (Å²) in [5, 5.41) is 6.17. The van der Waals surface area contributed by atoms with Crippen LogP contribution < -0.4 is 21.3 Å². The zero-order valence-corrected chi connectivity index (χ0v) is 24.7. The summed E-state index contributed by atoms with van der Waals surface area (Å²) in [6, 6.07) is 11.8. The number of hydrogen-bond acceptors (Lipinski definition) is 6. The SMILES string of the molecule is Cc1ccccc1N(C(=O)c1snc(C(=O)NC2CCCCC2)c1N)C(C(=O)NC1CCCCC1)c1ccc(F)cc1. The molecule has 2 aromatic carbocycles. The molecule has 10 heteroatoms. The average molecular weight is 592 g/mol. The molecule has 42 heavy (non-hydrogen) atoms. The number of carbonyl (C=O) groups excluding carboxylic acids is 3. The Balaban J connectivity index is 1.53. The molecule has 0 spiro atoms. The Morgan fingerprint density at radius 1 is 0.905 bits per heavy atom. The number of hydrogen-bond donors (Lipinski definition) is 3. The summed E-state index contributed by atoms with van der Waals surface area (Å²) in [6.45, 7) is 1.86. The molecular formula is C32H38FN5O3S. The van der Waals surface area contributed by atoms with Gasteiger partial charge >= 0.3 is 0 Å². The molecule has 1 heterocycles. The van der Waals surface area contributed by atoms with Gasteiger partial charge in [-0.25, -0.2) is 4.39 Å². The Kier molecular flexibility index (Phi) is 9.51. The highest BCUT2D eigenvalue weighted by atomic mass is 32.1. The van der Waals surface area contributed by atoms with Crippen LogP contribution in [0.5, 0.6) is 0 Å². The van der Waals surface area contributed by atoms with Crippen molar-refractivity contribution in [1.82, 2.24) is 15.0 Å². The van der Waals surface area contributed by atoms with Gasteiger partial charge in [-0.1, -0.05) is 68.9 Å². The number of para-hydroxylation sites is 1. The van der Waals surface area contributed by atoms with Gasteiger partial charge in [0.2, 0.25) is 5.91 Å². The topological polar surface area (TPSA) is 117 Å². The van der Waals surface area contributed by atoms with Crippen LogP contribution in [0.2, 0.25) is 0 Å². The van der Waals surface area contributed by atoms with Gasteiger partial charge in [0.1, 0.15) is 16.7 Å². The van der Waals surface area contributed by atoms with E-state index < -0.39 is 23.7 Å². The van der Waals surface area contributed by atoms with Gasteiger partial charge in [0.05, 0.1) is 5.69 Å². The highest BCUT2D eigenvalue weighted by Gasteiger charge is 2.37. The Hall–Kier alpha value is -3.79. The van der Waals surface area contributed by atoms with Gasteiger partial charge in [-0.05, 0) is 73.5 Å². The Bertz CT molecular complexity index is 1410. The van der Waals surface area contributed by atoms with E-state index in [1.54, 1.807) is 12.1 Å². The van der Waals surface area contributed by atoms with E-state index in [4.69, 9.17) is 5.73 Å². The molecule has 0 aliphatic heterocycles. The third-order valence-electron chi connectivity index (χ3n) is 8.32. The highest BCUT2D eigenvalue weighted by Crippen LogP contribution is 2.35. The molecule has 0 bridgehead atoms. The number of aromatic nitrogens is 1. The van der Waals surface area contributed by atoms with Crippen LogP contribution in [0.15, 0.2) is 48.5 Å². The Morgan fingerprint density at radius 2 is 1.50 bits per heavy atom. The quantitative estimate of drug-likeness (QED) is 0.294. The maximum absolute atomic E-state index is 14.5. The molecule has 2 aliphatic rings. The van der Waals surface area contributed by atoms with Gasteiger partial charge in [-0.3, -0.25) is 19.3 Å². The number of aryl methyl sites for hydroxylation is 1. The Labute approximate surface area is 250 Å². The maximum atomic E-state index is 14.5. The first-order valence-electron chi connectivity index (χ1n) is 14.8. The predicted molar refractivity (Wildman–Crippen MR) is 163 cm³/mol. The van der Waals surface area contributed by atoms with E-state index in [0.29, 0.717) is 11.3 Å². The van der Waals surface area contributed by atoms with Crippen molar-refractivity contribution in [3.63, 3.8) is 0 Å². The molecule has 0 radical (unpaired) electrons. The molecule has 4 N–H and O–H groups in total. The fourth-order valence-corrected chi connectivity index (χ4v) is 6.75. The third-order valence-corrected chi connectivity index (χ3v) is 9.17. The van der Waals surface area contributed by atoms with Crippen molar-refractivity contribution < 1.29 is 18.8 Å². The lowest BCUT2D eigenvalue weighted by atomic mass is 9.94. The van der Waals surface area contributed by atoms with E-state index in [1.807, 2.05) is 19.1 Å². The van der Waals surface area contributed by atoms with E-state index in [9.17, 15) is 18.8 Å². The van der Waals surface area contributed by atoms with Crippen molar-refractivity contribution in [2.45, 2.75) is 89.3 Å². The van der Waals surface area contributed by atoms with Crippen LogP contribution in [0.4, 0.5) is 15.8 Å². The number of nitrogens with two attached hydrogens (primary N) is 1. The molecule has 1 atom stereocenters. The molecular weight excluding hydrogens is 553 g/mol. The Morgan fingerprint density at radius 3 is 2.12 bits per heavy atom. The van der Waals surface area contributed by atoms with Gasteiger partial charge in [0.25, 0.3) is 11.8 Å². The normalized spacial score (nSPS) is 16.9. The monoisotopic (exact) mass is 591 g/mol. The van der Waals surface area contributed by atoms with Crippen molar-refractivity contribution in [3.8, 4) is 0 Å². The number of anilines is 2. The second kappa shape index (κ2) is 13.5. The summed E-state index contributed by atoms with van der Waals surface area (Å²) >= 11 is 0.847. The molecule has 1 unspecified atom stereocenters. The molecule has 1 aromatic heterocycles. The number of rotatable bonds is 8. The van der Waals surface area contributed by atoms with Crippen molar-refractivity contribution >= 4 is 40.6 Å². The fourth-order valence-electron chi connectivity index (χ4n) is 6.01. The number of benzene rings is 2. The first-order chi connectivity index (χ1) is 20.3. The van der Waals surface area contributed by atoms with Crippen LogP contribution in [-0.2, 0) is 4.79 Å². The minimum absolute atomic E-state index is 0.00780. The number of nitrogens with one attached hydrogen (secondary N) is 2. The largest absolute Gasteiger partial charge is 0.395 e. The second-order valence-electron chi connectivity index (χ2n) is 11.3. The van der Waals surface area contributed by atoms with Crippen molar-refractivity contribution in [2.75, 3.05) is 10.6 Å². The van der Waals surface area contributed by atoms with Crippen LogP contribution in [-0.4, -0.2) is 34.2 Å². The zero-order valence-electron chi connectivity index (χ0n) is 23.9. The molecule has 8 nitrogen and oxygen atoms in total. The summed E-state index contributed by atoms with van der Waals surface area (Å²) in [4.78, 5) is 43.1. The lowest BCUT2D eigenvalue weighted by molar-refractivity contribution is -0.123. The number of nitrogen functional groups attached to an aromatic ring is 1. The lowest BCUT2D eigenvalue weighted by Gasteiger charge is -2.34. The van der Waals surface area contributed by atoms with Crippen molar-refractivity contribution in [3.05, 3.63) is 76.0 Å². The molecule has 2 aliphatic carbocycles. The number of carbonyl (C=O) groups is 3. The maximum Gasteiger partial charge on any atom is 0.273 e. The standard InChI is InChI=1S/C32H38FN5O3S/c1-20-10-8-9-15-25(20)38(28(21-16-18-22(33)19-17-21)31(40)36-24-13-6-3-7-14-24)32(41)29-26(34)27(37-42-29)30(39)35-23-11-4-2-5-12-23/h8-10,15-19,23-24,28H,2-7,11-14,34H2,1H3,(H,35,39)(H,36,40). The molecule has 3 amide bonds. The van der Waals surface area contributed by atoms with E-state index >= 15 is 0 Å². The average Bonchev–Trinajstić information content (AvgIpc) is 3.39. The van der Waals surface area contributed by atoms with Gasteiger partial charge in [0, 0.05) is 17.8 Å². The molecule has 2 fully saturated rings. The highest BCUT2D eigenvalue weighted by molar-refractivity contribution is 7.09. The van der Waals surface area contributed by atoms with E-state index in [1.165, 1.54) is 29.2 Å². The zero-order chi connectivity index (χ0) is 29.6. The summed E-state index contributed by atoms with van der Waals surface area (Å²) in [5.41, 5.74) is 8.18. The van der Waals surface area contributed by atoms with Crippen LogP contribution in [0.3, 0.4) is 0 Å². The van der Waals surface area contributed by atoms with E-state index in [-0.39, 0.29) is 34.2 Å². The van der Waals surface area contributed by atoms with Gasteiger partial charge in [0.15, 0.2) is 5.69 Å². The molecule has 3 aromatic rings. The van der Waals surface area contributed by atoms with Crippen LogP contribution >= 0.6 is 11.5 Å². The minimum atomic E-state index is -1.11. The third kappa shape index (κ3) is 6.64. The predicted octanol–water partition coefficient (Wildman–Crippen LogP) is 6.07. The van der Waals surface area contributed by atoms with Crippen molar-refractivity contribution in [1.29, 1.82) is 0 Å². The summed E-state index contributed by atoms with van der Waals surface area (Å²) in [7, 11) is 0. The fraction of sp³-hybridized carbons (Fsp3) is 0.438. The van der Waals surface area contributed by atoms with Gasteiger partial charge in [-0.15, -0.1) is 0 Å². The smallest absolute Gasteiger partial charge is 0.273 e. The van der Waals surface area contributed by atoms with Gasteiger partial charge in [-0.2, -0.15) is 4.37 Å². The second-order valence-corrected chi connectivity index (χ2v) is 12.1. The first-order valence-corrected chi connectivity index (χ1v) is 15.6. The summed E-state index contributed by atoms with van der Waals surface area (Å²) in [6.07, 6.45) is 9.97. The summed E-state index contributed by atoms with van der Waals surface area (Å²) in [5.74, 6) is -1.76. The van der Waals surface area contributed by atoms with Crippen LogP contribution in [0, 0.1) is 12.7 Å². The molecule has 222 valence electrons. The van der Waals surface area contributed by atoms with E-state index in [0.717, 1.165) is 81.3 Å².